The Balaban J connectivity index is 1.38. The van der Waals surface area contributed by atoms with Crippen LogP contribution in [-0.4, -0.2) is 29.0 Å². The first-order valence-electron chi connectivity index (χ1n) is 16.3. The zero-order chi connectivity index (χ0) is 30.9. The Labute approximate surface area is 269 Å². The number of unbranched alkanes of at least 4 members (excludes halogenated alkanes) is 1. The van der Waals surface area contributed by atoms with Gasteiger partial charge in [0, 0.05) is 17.7 Å². The van der Waals surface area contributed by atoms with Gasteiger partial charge in [-0.05, 0) is 42.9 Å². The molecule has 1 aliphatic rings. The maximum absolute atomic E-state index is 6.11. The van der Waals surface area contributed by atoms with Crippen LogP contribution >= 0.6 is 0 Å². The van der Waals surface area contributed by atoms with Crippen molar-refractivity contribution in [3.05, 3.63) is 179 Å². The molecule has 0 bridgehead atoms. The minimum absolute atomic E-state index is 0.158. The van der Waals surface area contributed by atoms with Gasteiger partial charge in [0.05, 0.1) is 19.1 Å². The average molecular weight is 594 g/mol. The lowest BCUT2D eigenvalue weighted by Crippen LogP contribution is -2.45. The lowest BCUT2D eigenvalue weighted by Gasteiger charge is -2.33. The summed E-state index contributed by atoms with van der Waals surface area (Å²) in [6, 6.07) is 55.1. The summed E-state index contributed by atoms with van der Waals surface area (Å²) < 4.78 is 8.70. The molecule has 0 amide bonds. The minimum Gasteiger partial charge on any atom is -0.377 e. The zero-order valence-corrected chi connectivity index (χ0v) is 26.6. The van der Waals surface area contributed by atoms with Gasteiger partial charge in [-0.2, -0.15) is 0 Å². The Kier molecular flexibility index (Phi) is 9.87. The van der Waals surface area contributed by atoms with Crippen molar-refractivity contribution < 1.29 is 9.31 Å². The van der Waals surface area contributed by atoms with Gasteiger partial charge in [-0.15, -0.1) is 0 Å². The third kappa shape index (κ3) is 6.95. The molecule has 0 saturated carbocycles. The Morgan fingerprint density at radius 1 is 0.622 bits per heavy atom. The number of likely N-dealkylation sites (N-methyl/N-ethyl adjacent to an activating group) is 1. The number of benzene rings is 5. The van der Waals surface area contributed by atoms with Gasteiger partial charge in [0.15, 0.2) is 12.1 Å². The van der Waals surface area contributed by atoms with E-state index >= 15 is 0 Å². The van der Waals surface area contributed by atoms with E-state index in [1.54, 1.807) is 0 Å². The van der Waals surface area contributed by atoms with E-state index in [1.165, 1.54) is 33.7 Å². The molecule has 3 heteroatoms. The number of hydrogen-bond acceptors (Lipinski definition) is 2. The molecule has 6 rings (SSSR count). The second kappa shape index (κ2) is 14.5. The zero-order valence-electron chi connectivity index (χ0n) is 26.6. The Morgan fingerprint density at radius 3 is 1.73 bits per heavy atom. The van der Waals surface area contributed by atoms with Crippen LogP contribution < -0.4 is 0 Å². The van der Waals surface area contributed by atoms with Crippen molar-refractivity contribution in [3.63, 3.8) is 0 Å². The van der Waals surface area contributed by atoms with Crippen LogP contribution in [-0.2, 0) is 23.3 Å². The molecule has 0 N–H and O–H groups in total. The molecule has 228 valence electrons. The number of rotatable bonds is 13. The highest BCUT2D eigenvalue weighted by molar-refractivity contribution is 5.90. The van der Waals surface area contributed by atoms with Gasteiger partial charge >= 0.3 is 0 Å². The molecule has 0 aliphatic carbocycles. The van der Waals surface area contributed by atoms with Gasteiger partial charge in [-0.25, -0.2) is 4.90 Å². The largest absolute Gasteiger partial charge is 0.377 e. The van der Waals surface area contributed by atoms with E-state index in [4.69, 9.17) is 4.74 Å². The molecule has 0 radical (unpaired) electrons. The third-order valence-corrected chi connectivity index (χ3v) is 9.37. The van der Waals surface area contributed by atoms with E-state index in [-0.39, 0.29) is 17.5 Å². The van der Waals surface area contributed by atoms with Crippen molar-refractivity contribution in [2.75, 3.05) is 13.7 Å². The van der Waals surface area contributed by atoms with E-state index in [0.29, 0.717) is 6.61 Å². The van der Waals surface area contributed by atoms with Crippen LogP contribution in [0.15, 0.2) is 152 Å². The second-order valence-corrected chi connectivity index (χ2v) is 12.5. The van der Waals surface area contributed by atoms with Crippen molar-refractivity contribution >= 4 is 5.84 Å². The maximum atomic E-state index is 6.11. The van der Waals surface area contributed by atoms with E-state index < -0.39 is 0 Å². The molecule has 1 heterocycles. The summed E-state index contributed by atoms with van der Waals surface area (Å²) in [7, 11) is 2.32. The molecular formula is C42H45N2O+. The van der Waals surface area contributed by atoms with Crippen molar-refractivity contribution in [1.82, 2.24) is 4.90 Å². The fourth-order valence-electron chi connectivity index (χ4n) is 7.21. The number of nitrogens with zero attached hydrogens (tertiary/aromatic N) is 2. The van der Waals surface area contributed by atoms with Gasteiger partial charge in [0.1, 0.15) is 6.54 Å². The monoisotopic (exact) mass is 593 g/mol. The van der Waals surface area contributed by atoms with Gasteiger partial charge in [-0.3, -0.25) is 4.58 Å². The van der Waals surface area contributed by atoms with Crippen LogP contribution in [0.4, 0.5) is 0 Å². The summed E-state index contributed by atoms with van der Waals surface area (Å²) in [5.74, 6) is 1.38. The topological polar surface area (TPSA) is 15.5 Å². The number of ether oxygens (including phenoxy) is 1. The fourth-order valence-corrected chi connectivity index (χ4v) is 7.21. The summed E-state index contributed by atoms with van der Waals surface area (Å²) in [4.78, 5) is 2.71. The third-order valence-electron chi connectivity index (χ3n) is 9.37. The SMILES string of the molecule is C[N+]1=C([C@@](C)(CCCCOCc2ccccc2)c2ccccc2)N(Cc2ccccc2)[C@@H](c2ccccc2)[C@@H]1c1ccccc1. The average Bonchev–Trinajstić information content (AvgIpc) is 3.39. The normalized spacial score (nSPS) is 17.8. The molecule has 0 aromatic heterocycles. The van der Waals surface area contributed by atoms with Crippen LogP contribution in [0.5, 0.6) is 0 Å². The standard InChI is InChI=1S/C42H45N2O/c1-42(38-28-16-7-17-29-38,30-18-19-31-45-33-35-22-10-4-11-23-35)41-43(2)39(36-24-12-5-13-25-36)40(37-26-14-6-15-27-37)44(41)32-34-20-8-3-9-21-34/h3-17,20-29,39-40H,18-19,30-33H2,1-2H3/q+1/t39-,40-,42-/m0/s1. The summed E-state index contributed by atoms with van der Waals surface area (Å²) in [6.45, 7) is 4.73. The van der Waals surface area contributed by atoms with Gasteiger partial charge in [0.2, 0.25) is 0 Å². The van der Waals surface area contributed by atoms with Crippen molar-refractivity contribution in [3.8, 4) is 0 Å². The molecule has 3 atom stereocenters. The molecule has 5 aromatic carbocycles. The lowest BCUT2D eigenvalue weighted by molar-refractivity contribution is -0.541. The van der Waals surface area contributed by atoms with E-state index in [1.807, 2.05) is 0 Å². The highest BCUT2D eigenvalue weighted by Crippen LogP contribution is 2.47. The van der Waals surface area contributed by atoms with Crippen LogP contribution in [0.25, 0.3) is 0 Å². The van der Waals surface area contributed by atoms with Crippen molar-refractivity contribution in [2.45, 2.75) is 56.8 Å². The molecule has 0 spiro atoms. The minimum atomic E-state index is -0.208. The predicted molar refractivity (Wildman–Crippen MR) is 185 cm³/mol. The first-order chi connectivity index (χ1) is 22.1. The summed E-state index contributed by atoms with van der Waals surface area (Å²) in [6.07, 6.45) is 3.12. The van der Waals surface area contributed by atoms with Crippen LogP contribution in [0, 0.1) is 0 Å². The summed E-state index contributed by atoms with van der Waals surface area (Å²) >= 11 is 0. The molecule has 0 fully saturated rings. The highest BCUT2D eigenvalue weighted by atomic mass is 16.5. The van der Waals surface area contributed by atoms with Crippen molar-refractivity contribution in [2.24, 2.45) is 0 Å². The Hall–Kier alpha value is -4.47. The molecular weight excluding hydrogens is 548 g/mol. The molecule has 0 unspecified atom stereocenters. The summed E-state index contributed by atoms with van der Waals surface area (Å²) in [5.41, 5.74) is 6.38. The summed E-state index contributed by atoms with van der Waals surface area (Å²) in [5, 5.41) is 0. The van der Waals surface area contributed by atoms with Crippen LogP contribution in [0.2, 0.25) is 0 Å². The Morgan fingerprint density at radius 2 is 1.13 bits per heavy atom. The predicted octanol–water partition coefficient (Wildman–Crippen LogP) is 9.37. The van der Waals surface area contributed by atoms with Crippen molar-refractivity contribution in [1.29, 1.82) is 0 Å². The first-order valence-corrected chi connectivity index (χ1v) is 16.3. The van der Waals surface area contributed by atoms with Crippen LogP contribution in [0.3, 0.4) is 0 Å². The fraction of sp³-hybridized carbons (Fsp3) is 0.262. The molecule has 3 nitrogen and oxygen atoms in total. The van der Waals surface area contributed by atoms with Gasteiger partial charge in [-0.1, -0.05) is 152 Å². The second-order valence-electron chi connectivity index (χ2n) is 12.5. The quantitative estimate of drug-likeness (QED) is 0.0998. The van der Waals surface area contributed by atoms with Gasteiger partial charge < -0.3 is 4.74 Å². The maximum Gasteiger partial charge on any atom is 0.258 e. The smallest absolute Gasteiger partial charge is 0.258 e. The van der Waals surface area contributed by atoms with Crippen LogP contribution in [0.1, 0.15) is 66.1 Å². The van der Waals surface area contributed by atoms with E-state index in [2.05, 4.69) is 175 Å². The lowest BCUT2D eigenvalue weighted by atomic mass is 9.76. The Bertz CT molecular complexity index is 1640. The molecule has 45 heavy (non-hydrogen) atoms. The molecule has 1 aliphatic heterocycles. The first kappa shape index (κ1) is 30.6. The molecule has 5 aromatic rings. The number of amidine groups is 1. The highest BCUT2D eigenvalue weighted by Gasteiger charge is 2.54. The molecule has 0 saturated heterocycles. The van der Waals surface area contributed by atoms with E-state index in [0.717, 1.165) is 32.4 Å². The number of hydrogen-bond donors (Lipinski definition) is 0. The van der Waals surface area contributed by atoms with E-state index in [9.17, 15) is 0 Å². The van der Waals surface area contributed by atoms with Gasteiger partial charge in [0.25, 0.3) is 5.84 Å².